The molecule has 256 valence electrons. The molecule has 3 amide bonds. The van der Waals surface area contributed by atoms with Crippen LogP contribution in [0.2, 0.25) is 0 Å². The molecule has 48 heavy (non-hydrogen) atoms. The third-order valence-corrected chi connectivity index (χ3v) is 9.62. The summed E-state index contributed by atoms with van der Waals surface area (Å²) in [5.41, 5.74) is 2.26. The molecule has 0 aromatic heterocycles. The number of nitrogens with zero attached hydrogens (tertiary/aromatic N) is 1. The molecule has 1 aliphatic heterocycles. The van der Waals surface area contributed by atoms with Gasteiger partial charge in [-0.2, -0.15) is 13.5 Å². The number of methoxy groups -OCH3 is 2. The van der Waals surface area contributed by atoms with Crippen LogP contribution in [0.3, 0.4) is 0 Å². The van der Waals surface area contributed by atoms with Gasteiger partial charge in [0.05, 0.1) is 31.1 Å². The largest absolute Gasteiger partial charge is 0.496 e. The zero-order valence-corrected chi connectivity index (χ0v) is 28.8. The van der Waals surface area contributed by atoms with Gasteiger partial charge in [-0.15, -0.1) is 0 Å². The molecule has 5 rings (SSSR count). The lowest BCUT2D eigenvalue weighted by atomic mass is 9.62. The maximum absolute atomic E-state index is 14.2. The van der Waals surface area contributed by atoms with Gasteiger partial charge in [0, 0.05) is 32.1 Å². The van der Waals surface area contributed by atoms with Crippen LogP contribution in [0, 0.1) is 0 Å². The first-order valence-corrected chi connectivity index (χ1v) is 16.6. The highest BCUT2D eigenvalue weighted by Gasteiger charge is 2.48. The molecule has 1 heterocycles. The Kier molecular flexibility index (Phi) is 13.1. The van der Waals surface area contributed by atoms with Gasteiger partial charge in [-0.3, -0.25) is 19.2 Å². The van der Waals surface area contributed by atoms with Crippen LogP contribution in [0.5, 0.6) is 5.75 Å². The molecule has 0 spiro atoms. The number of hydrogen-bond donors (Lipinski definition) is 2. The Morgan fingerprint density at radius 2 is 1.52 bits per heavy atom. The van der Waals surface area contributed by atoms with Crippen molar-refractivity contribution in [3.63, 3.8) is 0 Å². The van der Waals surface area contributed by atoms with Crippen molar-refractivity contribution < 1.29 is 28.7 Å². The van der Waals surface area contributed by atoms with E-state index in [1.165, 1.54) is 7.11 Å². The fraction of sp³-hybridized carbons (Fsp3) is 0.421. The van der Waals surface area contributed by atoms with Gasteiger partial charge in [-0.25, -0.2) is 0 Å². The second-order valence-electron chi connectivity index (χ2n) is 12.4. The molecule has 2 N–H and O–H groups in total. The Balaban J connectivity index is 0.00000520. The van der Waals surface area contributed by atoms with Gasteiger partial charge in [-0.05, 0) is 67.3 Å². The number of likely N-dealkylation sites (tertiary alicyclic amines) is 1. The maximum Gasteiger partial charge on any atom is 0.305 e. The number of hydrogen-bond acceptors (Lipinski definition) is 6. The summed E-state index contributed by atoms with van der Waals surface area (Å²) in [6, 6.07) is 24.8. The number of esters is 1. The summed E-state index contributed by atoms with van der Waals surface area (Å²) in [6.07, 6.45) is 5.02. The Labute approximate surface area is 290 Å². The molecule has 0 bridgehead atoms. The summed E-state index contributed by atoms with van der Waals surface area (Å²) in [7, 11) is 2.94. The lowest BCUT2D eigenvalue weighted by Gasteiger charge is -2.42. The van der Waals surface area contributed by atoms with Crippen LogP contribution in [0.25, 0.3) is 0 Å². The quantitative estimate of drug-likeness (QED) is 0.201. The average molecular weight is 674 g/mol. The molecule has 1 aliphatic carbocycles. The van der Waals surface area contributed by atoms with Gasteiger partial charge in [0.1, 0.15) is 5.75 Å². The van der Waals surface area contributed by atoms with E-state index in [4.69, 9.17) is 9.47 Å². The number of ether oxygens (including phenoxy) is 2. The SMILES string of the molecule is COC(=O)CCCCCNC(=O)[C@@]1(c2ccccc2)CC[C@H](C(=O)N2CCC(NC(=O)c3ccccc3OC)CC2)c2ccccc21.S. The highest BCUT2D eigenvalue weighted by Crippen LogP contribution is 2.48. The second kappa shape index (κ2) is 17.2. The number of carbonyl (C=O) groups is 4. The molecule has 3 aromatic rings. The van der Waals surface area contributed by atoms with Crippen molar-refractivity contribution in [1.29, 1.82) is 0 Å². The fourth-order valence-electron chi connectivity index (χ4n) is 7.07. The van der Waals surface area contributed by atoms with Crippen molar-refractivity contribution in [1.82, 2.24) is 15.5 Å². The van der Waals surface area contributed by atoms with E-state index in [9.17, 15) is 19.2 Å². The minimum absolute atomic E-state index is 0. The molecule has 0 radical (unpaired) electrons. The molecule has 2 aliphatic rings. The number of rotatable bonds is 12. The van der Waals surface area contributed by atoms with E-state index in [0.717, 1.165) is 29.5 Å². The van der Waals surface area contributed by atoms with Gasteiger partial charge < -0.3 is 25.0 Å². The van der Waals surface area contributed by atoms with Gasteiger partial charge in [0.25, 0.3) is 5.91 Å². The van der Waals surface area contributed by atoms with Crippen molar-refractivity contribution in [2.45, 2.75) is 68.7 Å². The fourth-order valence-corrected chi connectivity index (χ4v) is 7.07. The number of nitrogens with one attached hydrogen (secondary N) is 2. The number of para-hydroxylation sites is 1. The van der Waals surface area contributed by atoms with Crippen LogP contribution < -0.4 is 15.4 Å². The van der Waals surface area contributed by atoms with E-state index in [1.54, 1.807) is 19.2 Å². The first-order chi connectivity index (χ1) is 22.9. The third kappa shape index (κ3) is 8.03. The lowest BCUT2D eigenvalue weighted by molar-refractivity contribution is -0.140. The minimum atomic E-state index is -0.920. The molecule has 10 heteroatoms. The standard InChI is InChI=1S/C38H45N3O6.H2S/c1-46-33-18-11-9-16-31(33)35(43)40-28-21-25-41(26-22-28)36(44)30-20-23-38(27-13-5-3-6-14-27,32-17-10-8-15-29(30)32)37(45)39-24-12-4-7-19-34(42)47-2;/h3,5-6,8-11,13-18,28,30H,4,7,12,19-26H2,1-2H3,(H,39,45)(H,40,43);1H2/t30-,38+;/m0./s1. The molecule has 3 aromatic carbocycles. The van der Waals surface area contributed by atoms with Gasteiger partial charge >= 0.3 is 5.97 Å². The van der Waals surface area contributed by atoms with E-state index in [0.29, 0.717) is 69.5 Å². The Hall–Kier alpha value is -4.31. The molecular weight excluding hydrogens is 627 g/mol. The zero-order chi connectivity index (χ0) is 33.2. The van der Waals surface area contributed by atoms with Crippen LogP contribution in [0.4, 0.5) is 0 Å². The second-order valence-corrected chi connectivity index (χ2v) is 12.4. The van der Waals surface area contributed by atoms with Gasteiger partial charge in [-0.1, -0.05) is 73.2 Å². The van der Waals surface area contributed by atoms with Crippen molar-refractivity contribution in [2.75, 3.05) is 33.9 Å². The first kappa shape index (κ1) is 36.5. The van der Waals surface area contributed by atoms with Gasteiger partial charge in [0.15, 0.2) is 0 Å². The molecule has 1 fully saturated rings. The van der Waals surface area contributed by atoms with E-state index >= 15 is 0 Å². The minimum Gasteiger partial charge on any atom is -0.496 e. The van der Waals surface area contributed by atoms with Crippen molar-refractivity contribution in [3.05, 3.63) is 101 Å². The van der Waals surface area contributed by atoms with Crippen molar-refractivity contribution in [2.24, 2.45) is 0 Å². The van der Waals surface area contributed by atoms with Crippen molar-refractivity contribution in [3.8, 4) is 5.75 Å². The topological polar surface area (TPSA) is 114 Å². The Morgan fingerprint density at radius 3 is 2.25 bits per heavy atom. The van der Waals surface area contributed by atoms with E-state index in [1.807, 2.05) is 71.6 Å². The van der Waals surface area contributed by atoms with Crippen LogP contribution in [0.15, 0.2) is 78.9 Å². The number of carbonyl (C=O) groups excluding carboxylic acids is 4. The Bertz CT molecular complexity index is 1560. The van der Waals surface area contributed by atoms with E-state index < -0.39 is 5.41 Å². The monoisotopic (exact) mass is 673 g/mol. The van der Waals surface area contributed by atoms with Crippen LogP contribution >= 0.6 is 13.5 Å². The van der Waals surface area contributed by atoms with Crippen LogP contribution in [-0.4, -0.2) is 68.5 Å². The van der Waals surface area contributed by atoms with Gasteiger partial charge in [0.2, 0.25) is 11.8 Å². The molecule has 2 atom stereocenters. The number of fused-ring (bicyclic) bond motifs is 1. The lowest BCUT2D eigenvalue weighted by Crippen LogP contribution is -2.51. The summed E-state index contributed by atoms with van der Waals surface area (Å²) >= 11 is 0. The summed E-state index contributed by atoms with van der Waals surface area (Å²) in [5, 5.41) is 6.31. The smallest absolute Gasteiger partial charge is 0.305 e. The highest BCUT2D eigenvalue weighted by molar-refractivity contribution is 7.59. The predicted octanol–water partition coefficient (Wildman–Crippen LogP) is 5.24. The summed E-state index contributed by atoms with van der Waals surface area (Å²) < 4.78 is 10.1. The van der Waals surface area contributed by atoms with E-state index in [2.05, 4.69) is 10.6 Å². The number of benzene rings is 3. The third-order valence-electron chi connectivity index (χ3n) is 9.62. The van der Waals surface area contributed by atoms with Crippen LogP contribution in [0.1, 0.15) is 84.3 Å². The Morgan fingerprint density at radius 1 is 0.833 bits per heavy atom. The molecule has 9 nitrogen and oxygen atoms in total. The normalized spacial score (nSPS) is 18.9. The predicted molar refractivity (Wildman–Crippen MR) is 190 cm³/mol. The maximum atomic E-state index is 14.2. The number of unbranched alkanes of at least 4 members (excludes halogenated alkanes) is 2. The molecular formula is C38H47N3O6S. The van der Waals surface area contributed by atoms with Crippen LogP contribution in [-0.2, 0) is 24.5 Å². The molecule has 0 unspecified atom stereocenters. The number of amides is 3. The molecule has 0 saturated carbocycles. The molecule has 1 saturated heterocycles. The summed E-state index contributed by atoms with van der Waals surface area (Å²) in [4.78, 5) is 54.6. The number of piperidine rings is 1. The zero-order valence-electron chi connectivity index (χ0n) is 27.8. The summed E-state index contributed by atoms with van der Waals surface area (Å²) in [5.74, 6) is -0.218. The van der Waals surface area contributed by atoms with E-state index in [-0.39, 0.29) is 49.1 Å². The first-order valence-electron chi connectivity index (χ1n) is 16.6. The van der Waals surface area contributed by atoms with Crippen molar-refractivity contribution >= 4 is 37.2 Å². The summed E-state index contributed by atoms with van der Waals surface area (Å²) in [6.45, 7) is 1.60. The average Bonchev–Trinajstić information content (AvgIpc) is 3.12. The highest BCUT2D eigenvalue weighted by atomic mass is 32.1.